The van der Waals surface area contributed by atoms with E-state index in [2.05, 4.69) is 64.1 Å². The highest BCUT2D eigenvalue weighted by molar-refractivity contribution is 5.79. The summed E-state index contributed by atoms with van der Waals surface area (Å²) in [5.74, 6) is 1.50. The Morgan fingerprint density at radius 3 is 2.54 bits per heavy atom. The predicted molar refractivity (Wildman–Crippen MR) is 100.0 cm³/mol. The third kappa shape index (κ3) is 3.43. The van der Waals surface area contributed by atoms with Crippen molar-refractivity contribution in [2.24, 2.45) is 0 Å². The standard InChI is InChI=1S/C18H26N6/c1-4-23-7-9-24(10-8-23)18-16(19)17(20-12-21-18)22-15-6-5-13(2)11-14(15)3/h5-6,11-12H,4,7-10,19H2,1-3H3,(H,20,21,22). The molecule has 128 valence electrons. The Balaban J connectivity index is 1.81. The lowest BCUT2D eigenvalue weighted by Crippen LogP contribution is -2.46. The molecule has 24 heavy (non-hydrogen) atoms. The topological polar surface area (TPSA) is 70.3 Å². The van der Waals surface area contributed by atoms with Crippen LogP contribution in [0.5, 0.6) is 0 Å². The molecule has 0 bridgehead atoms. The van der Waals surface area contributed by atoms with E-state index in [4.69, 9.17) is 5.73 Å². The van der Waals surface area contributed by atoms with E-state index in [0.29, 0.717) is 11.5 Å². The van der Waals surface area contributed by atoms with E-state index in [1.165, 1.54) is 11.1 Å². The van der Waals surface area contributed by atoms with Crippen LogP contribution < -0.4 is 16.0 Å². The largest absolute Gasteiger partial charge is 0.393 e. The summed E-state index contributed by atoms with van der Waals surface area (Å²) in [5, 5.41) is 3.35. The molecular weight excluding hydrogens is 300 g/mol. The number of piperazine rings is 1. The van der Waals surface area contributed by atoms with Gasteiger partial charge in [-0.3, -0.25) is 0 Å². The van der Waals surface area contributed by atoms with Gasteiger partial charge in [-0.15, -0.1) is 0 Å². The molecule has 0 saturated carbocycles. The van der Waals surface area contributed by atoms with Crippen LogP contribution in [-0.2, 0) is 0 Å². The molecule has 2 heterocycles. The number of likely N-dealkylation sites (N-methyl/N-ethyl adjacent to an activating group) is 1. The molecule has 1 fully saturated rings. The molecule has 0 aliphatic carbocycles. The Kier molecular flexibility index (Phi) is 4.85. The van der Waals surface area contributed by atoms with Crippen LogP contribution in [-0.4, -0.2) is 47.6 Å². The SMILES string of the molecule is CCN1CCN(c2ncnc(Nc3ccc(C)cc3C)c2N)CC1. The summed E-state index contributed by atoms with van der Waals surface area (Å²) in [6.07, 6.45) is 1.59. The van der Waals surface area contributed by atoms with Gasteiger partial charge in [-0.05, 0) is 32.0 Å². The first-order chi connectivity index (χ1) is 11.6. The zero-order valence-corrected chi connectivity index (χ0v) is 14.7. The lowest BCUT2D eigenvalue weighted by molar-refractivity contribution is 0.270. The summed E-state index contributed by atoms with van der Waals surface area (Å²) < 4.78 is 0. The second-order valence-electron chi connectivity index (χ2n) is 6.32. The number of aromatic nitrogens is 2. The van der Waals surface area contributed by atoms with Gasteiger partial charge >= 0.3 is 0 Å². The second kappa shape index (κ2) is 7.05. The number of nitrogens with one attached hydrogen (secondary N) is 1. The van der Waals surface area contributed by atoms with Gasteiger partial charge in [-0.1, -0.05) is 24.6 Å². The Morgan fingerprint density at radius 1 is 1.12 bits per heavy atom. The number of rotatable bonds is 4. The molecule has 3 rings (SSSR count). The first-order valence-electron chi connectivity index (χ1n) is 8.50. The predicted octanol–water partition coefficient (Wildman–Crippen LogP) is 2.56. The molecule has 0 atom stereocenters. The fourth-order valence-electron chi connectivity index (χ4n) is 3.10. The third-order valence-corrected chi connectivity index (χ3v) is 4.62. The first-order valence-corrected chi connectivity index (χ1v) is 8.50. The van der Waals surface area contributed by atoms with Gasteiger partial charge in [0.2, 0.25) is 0 Å². The van der Waals surface area contributed by atoms with Gasteiger partial charge in [0.1, 0.15) is 12.0 Å². The van der Waals surface area contributed by atoms with Crippen LogP contribution in [0.1, 0.15) is 18.1 Å². The zero-order valence-electron chi connectivity index (χ0n) is 14.7. The number of anilines is 4. The van der Waals surface area contributed by atoms with Gasteiger partial charge in [-0.25, -0.2) is 9.97 Å². The Bertz CT molecular complexity index is 707. The average molecular weight is 326 g/mol. The normalized spacial score (nSPS) is 15.5. The zero-order chi connectivity index (χ0) is 17.1. The smallest absolute Gasteiger partial charge is 0.159 e. The number of benzene rings is 1. The summed E-state index contributed by atoms with van der Waals surface area (Å²) in [5.41, 5.74) is 10.4. The Labute approximate surface area is 143 Å². The lowest BCUT2D eigenvalue weighted by atomic mass is 10.1. The molecule has 0 spiro atoms. The van der Waals surface area contributed by atoms with Gasteiger partial charge in [0.15, 0.2) is 11.6 Å². The van der Waals surface area contributed by atoms with Crippen LogP contribution in [0.4, 0.5) is 23.0 Å². The van der Waals surface area contributed by atoms with Crippen molar-refractivity contribution in [1.82, 2.24) is 14.9 Å². The number of nitrogens with two attached hydrogens (primary N) is 1. The van der Waals surface area contributed by atoms with Crippen LogP contribution >= 0.6 is 0 Å². The molecule has 0 unspecified atom stereocenters. The van der Waals surface area contributed by atoms with Gasteiger partial charge in [0.25, 0.3) is 0 Å². The number of nitrogen functional groups attached to an aromatic ring is 1. The summed E-state index contributed by atoms with van der Waals surface area (Å²) in [4.78, 5) is 13.4. The highest BCUT2D eigenvalue weighted by Gasteiger charge is 2.20. The van der Waals surface area contributed by atoms with E-state index in [1.54, 1.807) is 6.33 Å². The molecule has 3 N–H and O–H groups in total. The van der Waals surface area contributed by atoms with Crippen molar-refractivity contribution in [2.45, 2.75) is 20.8 Å². The number of hydrogen-bond donors (Lipinski definition) is 2. The molecule has 0 radical (unpaired) electrons. The van der Waals surface area contributed by atoms with E-state index in [9.17, 15) is 0 Å². The van der Waals surface area contributed by atoms with E-state index < -0.39 is 0 Å². The summed E-state index contributed by atoms with van der Waals surface area (Å²) in [6.45, 7) is 11.4. The average Bonchev–Trinajstić information content (AvgIpc) is 2.59. The lowest BCUT2D eigenvalue weighted by Gasteiger charge is -2.35. The highest BCUT2D eigenvalue weighted by Crippen LogP contribution is 2.30. The van der Waals surface area contributed by atoms with Crippen LogP contribution in [0.3, 0.4) is 0 Å². The molecule has 1 aromatic heterocycles. The van der Waals surface area contributed by atoms with Gasteiger partial charge < -0.3 is 20.9 Å². The maximum atomic E-state index is 6.37. The number of nitrogens with zero attached hydrogens (tertiary/aromatic N) is 4. The minimum absolute atomic E-state index is 0.613. The molecule has 1 aromatic carbocycles. The quantitative estimate of drug-likeness (QED) is 0.900. The van der Waals surface area contributed by atoms with Crippen LogP contribution in [0.15, 0.2) is 24.5 Å². The van der Waals surface area contributed by atoms with E-state index in [0.717, 1.165) is 44.2 Å². The summed E-state index contributed by atoms with van der Waals surface area (Å²) >= 11 is 0. The molecule has 1 aliphatic heterocycles. The van der Waals surface area contributed by atoms with E-state index >= 15 is 0 Å². The molecule has 2 aromatic rings. The first kappa shape index (κ1) is 16.5. The fraction of sp³-hybridized carbons (Fsp3) is 0.444. The van der Waals surface area contributed by atoms with Crippen molar-refractivity contribution in [2.75, 3.05) is 48.7 Å². The molecule has 1 aliphatic rings. The van der Waals surface area contributed by atoms with Crippen molar-refractivity contribution < 1.29 is 0 Å². The van der Waals surface area contributed by atoms with Gasteiger partial charge in [0, 0.05) is 31.9 Å². The fourth-order valence-corrected chi connectivity index (χ4v) is 3.10. The minimum Gasteiger partial charge on any atom is -0.393 e. The van der Waals surface area contributed by atoms with Crippen LogP contribution in [0, 0.1) is 13.8 Å². The van der Waals surface area contributed by atoms with E-state index in [-0.39, 0.29) is 0 Å². The molecule has 6 nitrogen and oxygen atoms in total. The van der Waals surface area contributed by atoms with Crippen molar-refractivity contribution in [3.05, 3.63) is 35.7 Å². The van der Waals surface area contributed by atoms with Crippen molar-refractivity contribution >= 4 is 23.0 Å². The van der Waals surface area contributed by atoms with Crippen LogP contribution in [0.25, 0.3) is 0 Å². The highest BCUT2D eigenvalue weighted by atomic mass is 15.3. The maximum absolute atomic E-state index is 6.37. The third-order valence-electron chi connectivity index (χ3n) is 4.62. The number of hydrogen-bond acceptors (Lipinski definition) is 6. The summed E-state index contributed by atoms with van der Waals surface area (Å²) in [7, 11) is 0. The van der Waals surface area contributed by atoms with Gasteiger partial charge in [0.05, 0.1) is 0 Å². The molecular formula is C18H26N6. The molecule has 0 amide bonds. The Hall–Kier alpha value is -2.34. The molecule has 6 heteroatoms. The Morgan fingerprint density at radius 2 is 1.88 bits per heavy atom. The maximum Gasteiger partial charge on any atom is 0.159 e. The summed E-state index contributed by atoms with van der Waals surface area (Å²) in [6, 6.07) is 6.29. The minimum atomic E-state index is 0.613. The molecule has 1 saturated heterocycles. The van der Waals surface area contributed by atoms with Crippen molar-refractivity contribution in [3.63, 3.8) is 0 Å². The van der Waals surface area contributed by atoms with Crippen LogP contribution in [0.2, 0.25) is 0 Å². The second-order valence-corrected chi connectivity index (χ2v) is 6.32. The van der Waals surface area contributed by atoms with E-state index in [1.807, 2.05) is 0 Å². The van der Waals surface area contributed by atoms with Crippen molar-refractivity contribution in [3.8, 4) is 0 Å². The monoisotopic (exact) mass is 326 g/mol. The van der Waals surface area contributed by atoms with Gasteiger partial charge in [-0.2, -0.15) is 0 Å². The number of aryl methyl sites for hydroxylation is 2. The van der Waals surface area contributed by atoms with Crippen molar-refractivity contribution in [1.29, 1.82) is 0 Å².